The van der Waals surface area contributed by atoms with E-state index in [4.69, 9.17) is 4.74 Å². The van der Waals surface area contributed by atoms with Gasteiger partial charge in [0.15, 0.2) is 0 Å². The second-order valence-corrected chi connectivity index (χ2v) is 7.16. The van der Waals surface area contributed by atoms with Crippen molar-refractivity contribution in [2.75, 3.05) is 13.7 Å². The Morgan fingerprint density at radius 2 is 1.80 bits per heavy atom. The molecule has 1 aromatic rings. The average Bonchev–Trinajstić information content (AvgIpc) is 2.76. The maximum absolute atomic E-state index is 5.85. The van der Waals surface area contributed by atoms with Gasteiger partial charge < -0.3 is 10.1 Å². The highest BCUT2D eigenvalue weighted by molar-refractivity contribution is 5.41. The minimum atomic E-state index is 0.349. The largest absolute Gasteiger partial charge is 0.494 e. The van der Waals surface area contributed by atoms with Gasteiger partial charge in [0.1, 0.15) is 5.75 Å². The van der Waals surface area contributed by atoms with Gasteiger partial charge >= 0.3 is 0 Å². The van der Waals surface area contributed by atoms with Gasteiger partial charge in [-0.2, -0.15) is 0 Å². The van der Waals surface area contributed by atoms with Crippen LogP contribution in [0.2, 0.25) is 0 Å². The van der Waals surface area contributed by atoms with E-state index in [1.165, 1.54) is 11.1 Å². The first-order valence-corrected chi connectivity index (χ1v) is 7.68. The van der Waals surface area contributed by atoms with E-state index in [2.05, 4.69) is 65.2 Å². The lowest BCUT2D eigenvalue weighted by Gasteiger charge is -2.22. The van der Waals surface area contributed by atoms with Crippen LogP contribution in [-0.2, 0) is 0 Å². The number of nitrogens with one attached hydrogen (secondary N) is 1. The molecule has 0 aliphatic heterocycles. The van der Waals surface area contributed by atoms with Crippen LogP contribution in [0.5, 0.6) is 5.75 Å². The highest BCUT2D eigenvalue weighted by Crippen LogP contribution is 2.72. The van der Waals surface area contributed by atoms with E-state index in [1.54, 1.807) is 0 Å². The van der Waals surface area contributed by atoms with Gasteiger partial charge in [-0.1, -0.05) is 45.4 Å². The van der Waals surface area contributed by atoms with Crippen LogP contribution >= 0.6 is 0 Å². The minimum Gasteiger partial charge on any atom is -0.494 e. The standard InChI is InChI=1S/C18H29NO/c1-8-20-14-10-9-12(2)11-13(14)15(19-7)16-17(3,4)18(16,5)6/h9-11,15-16,19H,8H2,1-7H3. The van der Waals surface area contributed by atoms with Crippen LogP contribution in [0.1, 0.15) is 51.8 Å². The van der Waals surface area contributed by atoms with E-state index >= 15 is 0 Å². The quantitative estimate of drug-likeness (QED) is 0.863. The molecule has 1 aromatic carbocycles. The van der Waals surface area contributed by atoms with Crippen LogP contribution in [0, 0.1) is 23.7 Å². The lowest BCUT2D eigenvalue weighted by Crippen LogP contribution is -2.22. The van der Waals surface area contributed by atoms with E-state index in [1.807, 2.05) is 6.92 Å². The summed E-state index contributed by atoms with van der Waals surface area (Å²) in [7, 11) is 2.06. The summed E-state index contributed by atoms with van der Waals surface area (Å²) in [6.45, 7) is 14.4. The van der Waals surface area contributed by atoms with Crippen molar-refractivity contribution in [1.82, 2.24) is 5.32 Å². The first kappa shape index (κ1) is 15.4. The Morgan fingerprint density at radius 1 is 1.20 bits per heavy atom. The molecule has 1 saturated carbocycles. The Hall–Kier alpha value is -1.02. The topological polar surface area (TPSA) is 21.3 Å². The molecule has 0 spiro atoms. The van der Waals surface area contributed by atoms with E-state index in [9.17, 15) is 0 Å². The summed E-state index contributed by atoms with van der Waals surface area (Å²) in [6.07, 6.45) is 0. The summed E-state index contributed by atoms with van der Waals surface area (Å²) in [4.78, 5) is 0. The van der Waals surface area contributed by atoms with Crippen LogP contribution in [0.3, 0.4) is 0 Å². The Labute approximate surface area is 123 Å². The van der Waals surface area contributed by atoms with Gasteiger partial charge in [0.05, 0.1) is 6.61 Å². The van der Waals surface area contributed by atoms with Gasteiger partial charge in [0.2, 0.25) is 0 Å². The molecule has 1 N–H and O–H groups in total. The Bertz CT molecular complexity index is 476. The number of aryl methyl sites for hydroxylation is 1. The molecule has 2 nitrogen and oxygen atoms in total. The molecular formula is C18H29NO. The molecule has 20 heavy (non-hydrogen) atoms. The van der Waals surface area contributed by atoms with Gasteiger partial charge in [0, 0.05) is 11.6 Å². The predicted molar refractivity (Wildman–Crippen MR) is 85.2 cm³/mol. The van der Waals surface area contributed by atoms with Gasteiger partial charge in [-0.25, -0.2) is 0 Å². The van der Waals surface area contributed by atoms with Crippen molar-refractivity contribution in [2.24, 2.45) is 16.7 Å². The van der Waals surface area contributed by atoms with Crippen molar-refractivity contribution < 1.29 is 4.74 Å². The molecule has 0 aromatic heterocycles. The molecular weight excluding hydrogens is 246 g/mol. The summed E-state index contributed by atoms with van der Waals surface area (Å²) in [5, 5.41) is 3.54. The third-order valence-electron chi connectivity index (χ3n) is 5.58. The summed E-state index contributed by atoms with van der Waals surface area (Å²) in [6, 6.07) is 6.86. The SMILES string of the molecule is CCOc1ccc(C)cc1C(NC)C1C(C)(C)C1(C)C. The Morgan fingerprint density at radius 3 is 2.25 bits per heavy atom. The fraction of sp³-hybridized carbons (Fsp3) is 0.667. The van der Waals surface area contributed by atoms with Crippen molar-refractivity contribution in [3.05, 3.63) is 29.3 Å². The fourth-order valence-electron chi connectivity index (χ4n) is 3.78. The third-order valence-corrected chi connectivity index (χ3v) is 5.58. The number of rotatable bonds is 5. The first-order valence-electron chi connectivity index (χ1n) is 7.68. The monoisotopic (exact) mass is 275 g/mol. The average molecular weight is 275 g/mol. The van der Waals surface area contributed by atoms with Crippen molar-refractivity contribution in [2.45, 2.75) is 47.6 Å². The van der Waals surface area contributed by atoms with Crippen molar-refractivity contribution in [3.63, 3.8) is 0 Å². The lowest BCUT2D eigenvalue weighted by atomic mass is 9.94. The minimum absolute atomic E-state index is 0.349. The second kappa shape index (κ2) is 5.07. The van der Waals surface area contributed by atoms with Crippen LogP contribution in [0.4, 0.5) is 0 Å². The highest BCUT2D eigenvalue weighted by Gasteiger charge is 2.67. The third kappa shape index (κ3) is 2.24. The molecule has 1 aliphatic rings. The van der Waals surface area contributed by atoms with E-state index in [-0.39, 0.29) is 0 Å². The van der Waals surface area contributed by atoms with Crippen molar-refractivity contribution >= 4 is 0 Å². The Balaban J connectivity index is 2.41. The molecule has 0 saturated heterocycles. The molecule has 0 bridgehead atoms. The normalized spacial score (nSPS) is 21.6. The van der Waals surface area contributed by atoms with Crippen molar-refractivity contribution in [3.8, 4) is 5.75 Å². The molecule has 2 heteroatoms. The van der Waals surface area contributed by atoms with Crippen LogP contribution in [-0.4, -0.2) is 13.7 Å². The van der Waals surface area contributed by atoms with E-state index < -0.39 is 0 Å². The second-order valence-electron chi connectivity index (χ2n) is 7.16. The van der Waals surface area contributed by atoms with Crippen molar-refractivity contribution in [1.29, 1.82) is 0 Å². The number of hydrogen-bond acceptors (Lipinski definition) is 2. The molecule has 0 amide bonds. The number of hydrogen-bond donors (Lipinski definition) is 1. The lowest BCUT2D eigenvalue weighted by molar-refractivity contribution is 0.325. The Kier molecular flexibility index (Phi) is 3.90. The van der Waals surface area contributed by atoms with Gasteiger partial charge in [-0.3, -0.25) is 0 Å². The maximum Gasteiger partial charge on any atom is 0.124 e. The summed E-state index contributed by atoms with van der Waals surface area (Å²) in [5.74, 6) is 1.65. The summed E-state index contributed by atoms with van der Waals surface area (Å²) in [5.41, 5.74) is 3.31. The molecule has 0 radical (unpaired) electrons. The number of ether oxygens (including phenoxy) is 1. The molecule has 112 valence electrons. The van der Waals surface area contributed by atoms with Crippen LogP contribution < -0.4 is 10.1 Å². The smallest absolute Gasteiger partial charge is 0.124 e. The van der Waals surface area contributed by atoms with Crippen LogP contribution in [0.25, 0.3) is 0 Å². The van der Waals surface area contributed by atoms with E-state index in [0.717, 1.165) is 5.75 Å². The molecule has 1 fully saturated rings. The van der Waals surface area contributed by atoms with Gasteiger partial charge in [0.25, 0.3) is 0 Å². The van der Waals surface area contributed by atoms with E-state index in [0.29, 0.717) is 29.4 Å². The fourth-order valence-corrected chi connectivity index (χ4v) is 3.78. The molecule has 0 heterocycles. The molecule has 2 rings (SSSR count). The molecule has 1 atom stereocenters. The maximum atomic E-state index is 5.85. The number of benzene rings is 1. The zero-order chi connectivity index (χ0) is 15.1. The molecule has 1 unspecified atom stereocenters. The van der Waals surface area contributed by atoms with Gasteiger partial charge in [-0.05, 0) is 43.7 Å². The predicted octanol–water partition coefficient (Wildman–Crippen LogP) is 4.34. The van der Waals surface area contributed by atoms with Gasteiger partial charge in [-0.15, -0.1) is 0 Å². The summed E-state index contributed by atoms with van der Waals surface area (Å²) >= 11 is 0. The highest BCUT2D eigenvalue weighted by atomic mass is 16.5. The molecule has 1 aliphatic carbocycles. The first-order chi connectivity index (χ1) is 9.27. The zero-order valence-electron chi connectivity index (χ0n) is 14.0. The summed E-state index contributed by atoms with van der Waals surface area (Å²) < 4.78 is 5.85. The zero-order valence-corrected chi connectivity index (χ0v) is 14.0. The van der Waals surface area contributed by atoms with Crippen LogP contribution in [0.15, 0.2) is 18.2 Å².